The van der Waals surface area contributed by atoms with Gasteiger partial charge in [-0.15, -0.1) is 0 Å². The molecule has 0 saturated carbocycles. The van der Waals surface area contributed by atoms with E-state index in [9.17, 15) is 14.9 Å². The number of hydrogen-bond acceptors (Lipinski definition) is 6. The fraction of sp³-hybridized carbons (Fsp3) is 0.182. The minimum atomic E-state index is -1.29. The molecule has 8 heteroatoms. The first kappa shape index (κ1) is 13.9. The third kappa shape index (κ3) is 3.17. The van der Waals surface area contributed by atoms with Crippen LogP contribution in [0, 0.1) is 32.8 Å². The van der Waals surface area contributed by atoms with Crippen LogP contribution in [-0.2, 0) is 0 Å². The molecule has 0 bridgehead atoms. The molecule has 0 radical (unpaired) electrons. The number of nitro groups is 1. The lowest BCUT2D eigenvalue weighted by Crippen LogP contribution is -2.24. The molecule has 1 aromatic carbocycles. The van der Waals surface area contributed by atoms with Crippen LogP contribution in [0.2, 0.25) is 0 Å². The Morgan fingerprint density at radius 2 is 1.95 bits per heavy atom. The largest absolute Gasteiger partial charge is 0.478 e. The monoisotopic (exact) mass is 260 g/mol. The van der Waals surface area contributed by atoms with E-state index in [1.54, 1.807) is 12.1 Å². The highest BCUT2D eigenvalue weighted by molar-refractivity contribution is 5.89. The van der Waals surface area contributed by atoms with Crippen molar-refractivity contribution in [1.82, 2.24) is 0 Å². The molecule has 0 aliphatic rings. The van der Waals surface area contributed by atoms with E-state index < -0.39 is 16.6 Å². The van der Waals surface area contributed by atoms with Gasteiger partial charge in [0.05, 0.1) is 22.6 Å². The van der Waals surface area contributed by atoms with Crippen LogP contribution in [0.5, 0.6) is 0 Å². The quantitative estimate of drug-likeness (QED) is 0.477. The van der Waals surface area contributed by atoms with E-state index in [0.717, 1.165) is 6.07 Å². The zero-order valence-electron chi connectivity index (χ0n) is 9.61. The van der Waals surface area contributed by atoms with E-state index in [2.05, 4.69) is 0 Å². The molecular weight excluding hydrogens is 252 g/mol. The number of aromatic carboxylic acids is 1. The van der Waals surface area contributed by atoms with E-state index in [1.165, 1.54) is 17.0 Å². The van der Waals surface area contributed by atoms with Crippen LogP contribution in [0.25, 0.3) is 0 Å². The summed E-state index contributed by atoms with van der Waals surface area (Å²) >= 11 is 0. The van der Waals surface area contributed by atoms with Crippen LogP contribution < -0.4 is 4.90 Å². The maximum atomic E-state index is 10.9. The topological polar surface area (TPSA) is 131 Å². The van der Waals surface area contributed by atoms with Crippen molar-refractivity contribution >= 4 is 17.3 Å². The number of hydrogen-bond donors (Lipinski definition) is 1. The molecule has 0 amide bonds. The summed E-state index contributed by atoms with van der Waals surface area (Å²) in [6.07, 6.45) is 0. The van der Waals surface area contributed by atoms with Gasteiger partial charge in [-0.05, 0) is 12.1 Å². The number of nitriles is 2. The Bertz CT molecular complexity index is 584. The molecule has 0 saturated heterocycles. The van der Waals surface area contributed by atoms with Crippen molar-refractivity contribution in [2.75, 3.05) is 18.0 Å². The van der Waals surface area contributed by atoms with E-state index >= 15 is 0 Å². The Hall–Kier alpha value is -3.13. The van der Waals surface area contributed by atoms with E-state index in [0.29, 0.717) is 0 Å². The zero-order valence-corrected chi connectivity index (χ0v) is 9.61. The second kappa shape index (κ2) is 5.98. The minimum Gasteiger partial charge on any atom is -0.478 e. The van der Waals surface area contributed by atoms with E-state index in [1.807, 2.05) is 0 Å². The van der Waals surface area contributed by atoms with Crippen molar-refractivity contribution < 1.29 is 14.8 Å². The molecule has 1 aromatic rings. The molecule has 8 nitrogen and oxygen atoms in total. The SMILES string of the molecule is N#CCN(CC#N)c1ccc(C(=O)O)cc1[N+](=O)[O-]. The van der Waals surface area contributed by atoms with Gasteiger partial charge in [0.25, 0.3) is 5.69 Å². The highest BCUT2D eigenvalue weighted by Gasteiger charge is 2.21. The molecule has 0 fully saturated rings. The highest BCUT2D eigenvalue weighted by atomic mass is 16.6. The van der Waals surface area contributed by atoms with Crippen molar-refractivity contribution in [3.63, 3.8) is 0 Å². The maximum absolute atomic E-state index is 10.9. The second-order valence-corrected chi connectivity index (χ2v) is 3.44. The summed E-state index contributed by atoms with van der Waals surface area (Å²) in [6, 6.07) is 6.89. The fourth-order valence-electron chi connectivity index (χ4n) is 1.47. The summed E-state index contributed by atoms with van der Waals surface area (Å²) in [5.41, 5.74) is -0.646. The van der Waals surface area contributed by atoms with Gasteiger partial charge in [-0.1, -0.05) is 0 Å². The summed E-state index contributed by atoms with van der Waals surface area (Å²) in [4.78, 5) is 22.1. The Balaban J connectivity index is 3.34. The van der Waals surface area contributed by atoms with Gasteiger partial charge < -0.3 is 10.0 Å². The summed E-state index contributed by atoms with van der Waals surface area (Å²) < 4.78 is 0. The lowest BCUT2D eigenvalue weighted by molar-refractivity contribution is -0.384. The van der Waals surface area contributed by atoms with Gasteiger partial charge in [0.15, 0.2) is 0 Å². The Labute approximate surface area is 107 Å². The summed E-state index contributed by atoms with van der Waals surface area (Å²) in [5.74, 6) is -1.29. The van der Waals surface area contributed by atoms with Crippen molar-refractivity contribution in [3.05, 3.63) is 33.9 Å². The standard InChI is InChI=1S/C11H8N4O4/c12-3-5-14(6-4-13)9-2-1-8(11(16)17)7-10(9)15(18)19/h1-2,7H,5-6H2,(H,16,17). The number of carboxylic acid groups (broad SMARTS) is 1. The number of rotatable bonds is 5. The number of anilines is 1. The normalized spacial score (nSPS) is 9.16. The van der Waals surface area contributed by atoms with Crippen LogP contribution in [0.4, 0.5) is 11.4 Å². The lowest BCUT2D eigenvalue weighted by atomic mass is 10.1. The van der Waals surface area contributed by atoms with Gasteiger partial charge in [-0.2, -0.15) is 10.5 Å². The molecule has 1 rings (SSSR count). The first-order valence-corrected chi connectivity index (χ1v) is 5.01. The fourth-order valence-corrected chi connectivity index (χ4v) is 1.47. The molecule has 0 unspecified atom stereocenters. The summed E-state index contributed by atoms with van der Waals surface area (Å²) in [7, 11) is 0. The van der Waals surface area contributed by atoms with Crippen LogP contribution in [0.3, 0.4) is 0 Å². The highest BCUT2D eigenvalue weighted by Crippen LogP contribution is 2.29. The molecule has 96 valence electrons. The number of benzene rings is 1. The summed E-state index contributed by atoms with van der Waals surface area (Å²) in [5, 5.41) is 37.0. The van der Waals surface area contributed by atoms with Gasteiger partial charge in [0, 0.05) is 6.07 Å². The third-order valence-corrected chi connectivity index (χ3v) is 2.28. The molecule has 0 aromatic heterocycles. The Morgan fingerprint density at radius 1 is 1.37 bits per heavy atom. The molecule has 0 atom stereocenters. The van der Waals surface area contributed by atoms with Gasteiger partial charge in [-0.25, -0.2) is 4.79 Å². The number of nitrogens with zero attached hydrogens (tertiary/aromatic N) is 4. The minimum absolute atomic E-state index is 0.0399. The zero-order chi connectivity index (χ0) is 14.4. The van der Waals surface area contributed by atoms with Gasteiger partial charge in [0.2, 0.25) is 0 Å². The predicted octanol–water partition coefficient (Wildman–Crippen LogP) is 1.15. The Kier molecular flexibility index (Phi) is 4.39. The average Bonchev–Trinajstić information content (AvgIpc) is 2.37. The molecule has 0 aliphatic heterocycles. The van der Waals surface area contributed by atoms with Crippen LogP contribution in [0.15, 0.2) is 18.2 Å². The van der Waals surface area contributed by atoms with Crippen molar-refractivity contribution in [3.8, 4) is 12.1 Å². The first-order valence-electron chi connectivity index (χ1n) is 5.01. The average molecular weight is 260 g/mol. The molecule has 19 heavy (non-hydrogen) atoms. The van der Waals surface area contributed by atoms with Gasteiger partial charge in [-0.3, -0.25) is 10.1 Å². The Morgan fingerprint density at radius 3 is 2.37 bits per heavy atom. The molecule has 0 spiro atoms. The van der Waals surface area contributed by atoms with E-state index in [-0.39, 0.29) is 24.3 Å². The number of carboxylic acids is 1. The van der Waals surface area contributed by atoms with Crippen molar-refractivity contribution in [1.29, 1.82) is 10.5 Å². The second-order valence-electron chi connectivity index (χ2n) is 3.44. The van der Waals surface area contributed by atoms with Crippen molar-refractivity contribution in [2.24, 2.45) is 0 Å². The molecule has 0 aliphatic carbocycles. The van der Waals surface area contributed by atoms with Gasteiger partial charge in [0.1, 0.15) is 18.8 Å². The van der Waals surface area contributed by atoms with Gasteiger partial charge >= 0.3 is 5.97 Å². The smallest absolute Gasteiger partial charge is 0.335 e. The number of nitro benzene ring substituents is 1. The van der Waals surface area contributed by atoms with Crippen LogP contribution >= 0.6 is 0 Å². The number of carbonyl (C=O) groups is 1. The third-order valence-electron chi connectivity index (χ3n) is 2.28. The van der Waals surface area contributed by atoms with Crippen LogP contribution in [-0.4, -0.2) is 29.1 Å². The first-order chi connectivity index (χ1) is 9.01. The maximum Gasteiger partial charge on any atom is 0.335 e. The molecular formula is C11H8N4O4. The molecule has 1 N–H and O–H groups in total. The summed E-state index contributed by atoms with van der Waals surface area (Å²) in [6.45, 7) is -0.415. The lowest BCUT2D eigenvalue weighted by Gasteiger charge is -2.17. The van der Waals surface area contributed by atoms with E-state index in [4.69, 9.17) is 15.6 Å². The van der Waals surface area contributed by atoms with Crippen molar-refractivity contribution in [2.45, 2.75) is 0 Å². The molecule has 0 heterocycles. The van der Waals surface area contributed by atoms with Crippen LogP contribution in [0.1, 0.15) is 10.4 Å². The predicted molar refractivity (Wildman–Crippen MR) is 63.5 cm³/mol.